The van der Waals surface area contributed by atoms with Gasteiger partial charge in [0.05, 0.1) is 18.4 Å². The molecule has 1 aromatic carbocycles. The average molecular weight is 453 g/mol. The number of nitrogens with zero attached hydrogens (tertiary/aromatic N) is 1. The molecule has 1 heterocycles. The molecule has 174 valence electrons. The highest BCUT2D eigenvalue weighted by Crippen LogP contribution is 2.40. The van der Waals surface area contributed by atoms with Crippen molar-refractivity contribution in [3.05, 3.63) is 52.1 Å². The lowest BCUT2D eigenvalue weighted by Crippen LogP contribution is -2.40. The van der Waals surface area contributed by atoms with Gasteiger partial charge in [0.1, 0.15) is 6.61 Å². The highest BCUT2D eigenvalue weighted by Gasteiger charge is 2.44. The zero-order valence-corrected chi connectivity index (χ0v) is 18.5. The standard InChI is InChI=1S/C23H26F3NO5/c1-6-7-15-14(3)17-12-32-21(29)19(17)20(27(4)22(30)23(24,25)26)16(15)10-8-13(2)9-11-18(28)31-5/h6,8H,1,7,9-12H2,2-5H3. The Labute approximate surface area is 184 Å². The molecule has 0 aromatic heterocycles. The summed E-state index contributed by atoms with van der Waals surface area (Å²) in [6.07, 6.45) is -0.682. The number of halogens is 3. The predicted molar refractivity (Wildman–Crippen MR) is 112 cm³/mol. The molecule has 0 fully saturated rings. The third-order valence-corrected chi connectivity index (χ3v) is 5.48. The van der Waals surface area contributed by atoms with E-state index in [0.29, 0.717) is 34.4 Å². The first-order valence-electron chi connectivity index (χ1n) is 9.96. The summed E-state index contributed by atoms with van der Waals surface area (Å²) in [6, 6.07) is 0. The first kappa shape index (κ1) is 25.2. The average Bonchev–Trinajstić information content (AvgIpc) is 3.12. The molecule has 1 amide bonds. The van der Waals surface area contributed by atoms with E-state index >= 15 is 0 Å². The van der Waals surface area contributed by atoms with E-state index in [1.807, 2.05) is 0 Å². The molecule has 0 saturated heterocycles. The summed E-state index contributed by atoms with van der Waals surface area (Å²) in [6.45, 7) is 7.21. The lowest BCUT2D eigenvalue weighted by Gasteiger charge is -2.26. The fraction of sp³-hybridized carbons (Fsp3) is 0.435. The van der Waals surface area contributed by atoms with Crippen LogP contribution in [0.1, 0.15) is 52.4 Å². The monoisotopic (exact) mass is 453 g/mol. The molecule has 0 saturated carbocycles. The van der Waals surface area contributed by atoms with Gasteiger partial charge in [0.2, 0.25) is 0 Å². The number of carbonyl (C=O) groups excluding carboxylic acids is 3. The first-order valence-corrected chi connectivity index (χ1v) is 9.96. The van der Waals surface area contributed by atoms with Crippen molar-refractivity contribution in [2.24, 2.45) is 0 Å². The fourth-order valence-electron chi connectivity index (χ4n) is 3.72. The maximum atomic E-state index is 13.2. The fourth-order valence-corrected chi connectivity index (χ4v) is 3.72. The van der Waals surface area contributed by atoms with E-state index in [2.05, 4.69) is 11.3 Å². The van der Waals surface area contributed by atoms with Crippen molar-refractivity contribution in [3.8, 4) is 0 Å². The number of hydrogen-bond acceptors (Lipinski definition) is 5. The summed E-state index contributed by atoms with van der Waals surface area (Å²) in [4.78, 5) is 36.4. The van der Waals surface area contributed by atoms with Gasteiger partial charge in [0.15, 0.2) is 0 Å². The van der Waals surface area contributed by atoms with Crippen molar-refractivity contribution in [3.63, 3.8) is 0 Å². The number of allylic oxidation sites excluding steroid dienone is 3. The van der Waals surface area contributed by atoms with E-state index in [0.717, 1.165) is 18.2 Å². The second-order valence-electron chi connectivity index (χ2n) is 7.55. The van der Waals surface area contributed by atoms with Crippen LogP contribution in [0.25, 0.3) is 0 Å². The number of rotatable bonds is 8. The van der Waals surface area contributed by atoms with Crippen LogP contribution >= 0.6 is 0 Å². The van der Waals surface area contributed by atoms with E-state index in [4.69, 9.17) is 4.74 Å². The molecule has 0 bridgehead atoms. The molecule has 1 aliphatic heterocycles. The Morgan fingerprint density at radius 2 is 1.88 bits per heavy atom. The molecule has 2 rings (SSSR count). The van der Waals surface area contributed by atoms with Crippen molar-refractivity contribution in [2.45, 2.75) is 52.3 Å². The topological polar surface area (TPSA) is 72.9 Å². The number of fused-ring (bicyclic) bond motifs is 1. The number of cyclic esters (lactones) is 1. The Hall–Kier alpha value is -3.10. The number of benzene rings is 1. The molecule has 1 aromatic rings. The van der Waals surface area contributed by atoms with Gasteiger partial charge in [0.25, 0.3) is 0 Å². The highest BCUT2D eigenvalue weighted by molar-refractivity contribution is 6.07. The molecule has 1 aliphatic rings. The lowest BCUT2D eigenvalue weighted by atomic mass is 9.87. The molecule has 0 radical (unpaired) electrons. The van der Waals surface area contributed by atoms with Crippen LogP contribution in [-0.2, 0) is 38.5 Å². The van der Waals surface area contributed by atoms with Gasteiger partial charge in [-0.3, -0.25) is 9.59 Å². The summed E-state index contributed by atoms with van der Waals surface area (Å²) in [5.41, 5.74) is 2.98. The largest absolute Gasteiger partial charge is 0.471 e. The lowest BCUT2D eigenvalue weighted by molar-refractivity contribution is -0.170. The van der Waals surface area contributed by atoms with Crippen molar-refractivity contribution in [1.82, 2.24) is 0 Å². The third kappa shape index (κ3) is 5.20. The molecule has 0 unspecified atom stereocenters. The van der Waals surface area contributed by atoms with Crippen LogP contribution in [0.2, 0.25) is 0 Å². The zero-order valence-electron chi connectivity index (χ0n) is 18.5. The molecule has 0 N–H and O–H groups in total. The molecule has 0 aliphatic carbocycles. The smallest absolute Gasteiger partial charge is 0.469 e. The van der Waals surface area contributed by atoms with E-state index < -0.39 is 18.1 Å². The molecular weight excluding hydrogens is 427 g/mol. The Kier molecular flexibility index (Phi) is 7.87. The second-order valence-corrected chi connectivity index (χ2v) is 7.55. The Bertz CT molecular complexity index is 979. The van der Waals surface area contributed by atoms with Gasteiger partial charge < -0.3 is 14.4 Å². The van der Waals surface area contributed by atoms with E-state index in [1.165, 1.54) is 7.11 Å². The quantitative estimate of drug-likeness (QED) is 0.432. The molecule has 0 atom stereocenters. The number of esters is 2. The molecule has 6 nitrogen and oxygen atoms in total. The van der Waals surface area contributed by atoms with Crippen LogP contribution in [0, 0.1) is 6.92 Å². The molecule has 0 spiro atoms. The van der Waals surface area contributed by atoms with Crippen LogP contribution in [0.3, 0.4) is 0 Å². The van der Waals surface area contributed by atoms with Crippen LogP contribution in [0.4, 0.5) is 18.9 Å². The first-order chi connectivity index (χ1) is 14.9. The van der Waals surface area contributed by atoms with E-state index in [1.54, 1.807) is 26.0 Å². The number of hydrogen-bond donors (Lipinski definition) is 0. The SMILES string of the molecule is C=CCc1c(C)c2c(c(N(C)C(=O)C(F)(F)F)c1CC=C(C)CCC(=O)OC)C(=O)OC2. The van der Waals surface area contributed by atoms with Gasteiger partial charge in [-0.1, -0.05) is 17.7 Å². The van der Waals surface area contributed by atoms with Crippen molar-refractivity contribution in [1.29, 1.82) is 0 Å². The Morgan fingerprint density at radius 3 is 2.44 bits per heavy atom. The number of ether oxygens (including phenoxy) is 2. The summed E-state index contributed by atoms with van der Waals surface area (Å²) in [5, 5.41) is 0. The zero-order chi connectivity index (χ0) is 24.2. The number of carbonyl (C=O) groups is 3. The minimum atomic E-state index is -5.11. The van der Waals surface area contributed by atoms with Crippen molar-refractivity contribution < 1.29 is 37.0 Å². The Balaban J connectivity index is 2.66. The second kappa shape index (κ2) is 10.0. The molecular formula is C23H26F3NO5. The van der Waals surface area contributed by atoms with Crippen LogP contribution in [0.5, 0.6) is 0 Å². The molecule has 32 heavy (non-hydrogen) atoms. The van der Waals surface area contributed by atoms with E-state index in [-0.39, 0.29) is 36.7 Å². The number of methoxy groups -OCH3 is 1. The van der Waals surface area contributed by atoms with Gasteiger partial charge in [0, 0.05) is 19.0 Å². The number of alkyl halides is 3. The Morgan fingerprint density at radius 1 is 1.22 bits per heavy atom. The molecule has 9 heteroatoms. The van der Waals surface area contributed by atoms with Gasteiger partial charge in [-0.15, -0.1) is 6.58 Å². The normalized spacial score (nSPS) is 13.5. The highest BCUT2D eigenvalue weighted by atomic mass is 19.4. The van der Waals surface area contributed by atoms with Crippen LogP contribution < -0.4 is 4.90 Å². The van der Waals surface area contributed by atoms with Crippen LogP contribution in [0.15, 0.2) is 24.3 Å². The number of amides is 1. The minimum Gasteiger partial charge on any atom is -0.469 e. The van der Waals surface area contributed by atoms with Gasteiger partial charge in [-0.25, -0.2) is 4.79 Å². The summed E-state index contributed by atoms with van der Waals surface area (Å²) < 4.78 is 49.4. The summed E-state index contributed by atoms with van der Waals surface area (Å²) >= 11 is 0. The predicted octanol–water partition coefficient (Wildman–Crippen LogP) is 4.36. The summed E-state index contributed by atoms with van der Waals surface area (Å²) in [5.74, 6) is -3.23. The third-order valence-electron chi connectivity index (χ3n) is 5.48. The van der Waals surface area contributed by atoms with Gasteiger partial charge in [-0.05, 0) is 49.8 Å². The number of anilines is 1. The van der Waals surface area contributed by atoms with Crippen molar-refractivity contribution in [2.75, 3.05) is 19.1 Å². The maximum absolute atomic E-state index is 13.2. The maximum Gasteiger partial charge on any atom is 0.471 e. The van der Waals surface area contributed by atoms with Gasteiger partial charge in [-0.2, -0.15) is 13.2 Å². The minimum absolute atomic E-state index is 0.0222. The van der Waals surface area contributed by atoms with Gasteiger partial charge >= 0.3 is 24.0 Å². The van der Waals surface area contributed by atoms with Crippen molar-refractivity contribution >= 4 is 23.5 Å². The van der Waals surface area contributed by atoms with Crippen LogP contribution in [-0.4, -0.2) is 38.2 Å². The summed E-state index contributed by atoms with van der Waals surface area (Å²) in [7, 11) is 2.29. The van der Waals surface area contributed by atoms with E-state index in [9.17, 15) is 27.6 Å².